The van der Waals surface area contributed by atoms with E-state index in [4.69, 9.17) is 14.2 Å². The smallest absolute Gasteiger partial charge is 0.309 e. The molecule has 7 heteroatoms. The van der Waals surface area contributed by atoms with E-state index in [-0.39, 0.29) is 0 Å². The zero-order valence-corrected chi connectivity index (χ0v) is 13.1. The number of rotatable bonds is 6. The van der Waals surface area contributed by atoms with Gasteiger partial charge in [0.25, 0.3) is 0 Å². The highest BCUT2D eigenvalue weighted by atomic mass is 16.9. The van der Waals surface area contributed by atoms with Gasteiger partial charge >= 0.3 is 11.9 Å². The molecular formula is C18H18O7. The maximum absolute atomic E-state index is 9.69. The summed E-state index contributed by atoms with van der Waals surface area (Å²) in [5, 5.41) is 38.7. The minimum atomic E-state index is -2.28. The summed E-state index contributed by atoms with van der Waals surface area (Å²) in [5.74, 6) is -4.55. The summed E-state index contributed by atoms with van der Waals surface area (Å²) in [4.78, 5) is 0. The molecule has 0 amide bonds. The van der Waals surface area contributed by atoms with Crippen molar-refractivity contribution in [1.82, 2.24) is 0 Å². The molecule has 25 heavy (non-hydrogen) atoms. The fourth-order valence-electron chi connectivity index (χ4n) is 2.92. The normalized spacial score (nSPS) is 28.2. The molecule has 2 aromatic carbocycles. The topological polar surface area (TPSA) is 115 Å². The third kappa shape index (κ3) is 3.31. The van der Waals surface area contributed by atoms with Crippen molar-refractivity contribution in [2.24, 2.45) is 0 Å². The van der Waals surface area contributed by atoms with Crippen LogP contribution in [0.2, 0.25) is 0 Å². The second kappa shape index (κ2) is 5.86. The summed E-state index contributed by atoms with van der Waals surface area (Å²) in [7, 11) is 0. The Balaban J connectivity index is 1.64. The fraction of sp³-hybridized carbons (Fsp3) is 0.333. The van der Waals surface area contributed by atoms with E-state index in [0.29, 0.717) is 11.1 Å². The Morgan fingerprint density at radius 2 is 1.00 bits per heavy atom. The predicted molar refractivity (Wildman–Crippen MR) is 83.5 cm³/mol. The van der Waals surface area contributed by atoms with Crippen LogP contribution in [0.1, 0.15) is 23.3 Å². The number of benzene rings is 2. The van der Waals surface area contributed by atoms with E-state index in [1.54, 1.807) is 48.5 Å². The molecule has 2 heterocycles. The van der Waals surface area contributed by atoms with Gasteiger partial charge in [-0.1, -0.05) is 60.7 Å². The SMILES string of the molecule is OC1(O)OC1C(OC(c1ccccc1)C1OC1(O)O)c1ccccc1. The second-order valence-corrected chi connectivity index (χ2v) is 6.19. The quantitative estimate of drug-likeness (QED) is 0.446. The highest BCUT2D eigenvalue weighted by Gasteiger charge is 2.64. The van der Waals surface area contributed by atoms with Crippen molar-refractivity contribution < 1.29 is 34.6 Å². The highest BCUT2D eigenvalue weighted by molar-refractivity contribution is 5.24. The van der Waals surface area contributed by atoms with Gasteiger partial charge in [-0.3, -0.25) is 0 Å². The summed E-state index contributed by atoms with van der Waals surface area (Å²) in [6.07, 6.45) is -3.65. The molecular weight excluding hydrogens is 328 g/mol. The van der Waals surface area contributed by atoms with Gasteiger partial charge in [0.2, 0.25) is 0 Å². The molecule has 2 fully saturated rings. The molecule has 0 bridgehead atoms. The Labute approximate surface area is 143 Å². The second-order valence-electron chi connectivity index (χ2n) is 6.19. The lowest BCUT2D eigenvalue weighted by molar-refractivity contribution is -0.155. The van der Waals surface area contributed by atoms with Crippen LogP contribution in [0.3, 0.4) is 0 Å². The lowest BCUT2D eigenvalue weighted by Crippen LogP contribution is -2.26. The van der Waals surface area contributed by atoms with Crippen LogP contribution in [0.5, 0.6) is 0 Å². The van der Waals surface area contributed by atoms with Gasteiger partial charge in [-0.05, 0) is 11.1 Å². The van der Waals surface area contributed by atoms with Crippen LogP contribution in [0.15, 0.2) is 60.7 Å². The molecule has 0 aromatic heterocycles. The van der Waals surface area contributed by atoms with Crippen LogP contribution in [-0.4, -0.2) is 44.6 Å². The molecule has 4 atom stereocenters. The molecule has 4 unspecified atom stereocenters. The number of ether oxygens (including phenoxy) is 3. The number of hydrogen-bond acceptors (Lipinski definition) is 7. The lowest BCUT2D eigenvalue weighted by Gasteiger charge is -2.24. The largest absolute Gasteiger partial charge is 0.359 e. The minimum Gasteiger partial charge on any atom is -0.359 e. The van der Waals surface area contributed by atoms with Crippen molar-refractivity contribution in [3.05, 3.63) is 71.8 Å². The van der Waals surface area contributed by atoms with E-state index in [0.717, 1.165) is 0 Å². The van der Waals surface area contributed by atoms with Crippen LogP contribution in [-0.2, 0) is 14.2 Å². The molecule has 132 valence electrons. The number of hydrogen-bond donors (Lipinski definition) is 4. The maximum Gasteiger partial charge on any atom is 0.309 e. The maximum atomic E-state index is 9.69. The summed E-state index contributed by atoms with van der Waals surface area (Å²) >= 11 is 0. The highest BCUT2D eigenvalue weighted by Crippen LogP contribution is 2.49. The molecule has 2 aliphatic rings. The van der Waals surface area contributed by atoms with E-state index in [1.807, 2.05) is 12.1 Å². The summed E-state index contributed by atoms with van der Waals surface area (Å²) in [6, 6.07) is 17.9. The Bertz CT molecular complexity index is 668. The molecule has 0 spiro atoms. The van der Waals surface area contributed by atoms with Crippen LogP contribution in [0, 0.1) is 0 Å². The van der Waals surface area contributed by atoms with Gasteiger partial charge in [-0.15, -0.1) is 0 Å². The average molecular weight is 346 g/mol. The molecule has 7 nitrogen and oxygen atoms in total. The molecule has 0 saturated carbocycles. The van der Waals surface area contributed by atoms with Crippen molar-refractivity contribution in [3.8, 4) is 0 Å². The van der Waals surface area contributed by atoms with Crippen LogP contribution in [0.25, 0.3) is 0 Å². The molecule has 2 aromatic rings. The van der Waals surface area contributed by atoms with Gasteiger partial charge in [0.1, 0.15) is 12.2 Å². The first-order chi connectivity index (χ1) is 11.9. The summed E-state index contributed by atoms with van der Waals surface area (Å²) < 4.78 is 15.9. The van der Waals surface area contributed by atoms with Crippen molar-refractivity contribution in [1.29, 1.82) is 0 Å². The standard InChI is InChI=1S/C18H18O7/c19-17(20)15(24-17)13(11-7-3-1-4-8-11)23-14(16-18(21,22)25-16)12-9-5-2-6-10-12/h1-10,13-16,19-22H. The zero-order chi connectivity index (χ0) is 17.7. The first-order valence-electron chi connectivity index (χ1n) is 7.89. The minimum absolute atomic E-state index is 0.667. The first-order valence-corrected chi connectivity index (χ1v) is 7.89. The third-order valence-corrected chi connectivity index (χ3v) is 4.33. The van der Waals surface area contributed by atoms with Crippen LogP contribution >= 0.6 is 0 Å². The molecule has 4 rings (SSSR count). The van der Waals surface area contributed by atoms with Crippen LogP contribution < -0.4 is 0 Å². The fourth-order valence-corrected chi connectivity index (χ4v) is 2.92. The number of aliphatic hydroxyl groups is 4. The van der Waals surface area contributed by atoms with E-state index in [9.17, 15) is 20.4 Å². The third-order valence-electron chi connectivity index (χ3n) is 4.33. The monoisotopic (exact) mass is 346 g/mol. The van der Waals surface area contributed by atoms with Gasteiger partial charge in [0, 0.05) is 0 Å². The van der Waals surface area contributed by atoms with Gasteiger partial charge in [-0.2, -0.15) is 0 Å². The summed E-state index contributed by atoms with van der Waals surface area (Å²) in [6.45, 7) is 0. The van der Waals surface area contributed by atoms with Gasteiger partial charge < -0.3 is 34.6 Å². The number of epoxide rings is 2. The van der Waals surface area contributed by atoms with Gasteiger partial charge in [0.05, 0.1) is 0 Å². The lowest BCUT2D eigenvalue weighted by atomic mass is 10.0. The molecule has 0 aliphatic carbocycles. The van der Waals surface area contributed by atoms with Gasteiger partial charge in [0.15, 0.2) is 12.2 Å². The molecule has 2 aliphatic heterocycles. The van der Waals surface area contributed by atoms with Crippen molar-refractivity contribution in [2.45, 2.75) is 36.4 Å². The van der Waals surface area contributed by atoms with Crippen molar-refractivity contribution in [3.63, 3.8) is 0 Å². The Kier molecular flexibility index (Phi) is 3.89. The first kappa shape index (κ1) is 16.6. The average Bonchev–Trinajstić information content (AvgIpc) is 3.44. The van der Waals surface area contributed by atoms with Crippen molar-refractivity contribution >= 4 is 0 Å². The van der Waals surface area contributed by atoms with Crippen molar-refractivity contribution in [2.75, 3.05) is 0 Å². The van der Waals surface area contributed by atoms with Gasteiger partial charge in [-0.25, -0.2) is 0 Å². The van der Waals surface area contributed by atoms with E-state index in [1.165, 1.54) is 0 Å². The van der Waals surface area contributed by atoms with E-state index < -0.39 is 36.4 Å². The summed E-state index contributed by atoms with van der Waals surface area (Å²) in [5.41, 5.74) is 1.33. The zero-order valence-electron chi connectivity index (χ0n) is 13.1. The van der Waals surface area contributed by atoms with E-state index in [2.05, 4.69) is 0 Å². The molecule has 4 N–H and O–H groups in total. The Morgan fingerprint density at radius 3 is 1.28 bits per heavy atom. The molecule has 0 radical (unpaired) electrons. The van der Waals surface area contributed by atoms with Crippen LogP contribution in [0.4, 0.5) is 0 Å². The Morgan fingerprint density at radius 1 is 0.680 bits per heavy atom. The van der Waals surface area contributed by atoms with E-state index >= 15 is 0 Å². The Hall–Kier alpha value is -1.84. The molecule has 2 saturated heterocycles. The predicted octanol–water partition coefficient (Wildman–Crippen LogP) is 0.560.